The highest BCUT2D eigenvalue weighted by Crippen LogP contribution is 2.34. The van der Waals surface area contributed by atoms with Gasteiger partial charge in [-0.25, -0.2) is 4.68 Å². The Bertz CT molecular complexity index is 1360. The fraction of sp³-hybridized carbons (Fsp3) is 0.375. The van der Waals surface area contributed by atoms with E-state index >= 15 is 0 Å². The number of ether oxygens (including phenoxy) is 1. The Balaban J connectivity index is 1.59. The zero-order valence-electron chi connectivity index (χ0n) is 18.3. The van der Waals surface area contributed by atoms with Crippen LogP contribution in [0.2, 0.25) is 0 Å². The van der Waals surface area contributed by atoms with E-state index < -0.39 is 0 Å². The van der Waals surface area contributed by atoms with E-state index in [1.165, 1.54) is 9.56 Å². The number of fused-ring (bicyclic) bond motifs is 3. The second-order valence-corrected chi connectivity index (χ2v) is 9.58. The first-order chi connectivity index (χ1) is 15.5. The minimum atomic E-state index is -0.225. The number of hydrogen-bond donors (Lipinski definition) is 0. The molecular formula is C24H26N4O3S. The third kappa shape index (κ3) is 3.68. The van der Waals surface area contributed by atoms with Crippen LogP contribution in [0.5, 0.6) is 5.75 Å². The summed E-state index contributed by atoms with van der Waals surface area (Å²) in [5.74, 6) is 0.741. The normalized spacial score (nSPS) is 14.4. The number of nitrogens with zero attached hydrogens (tertiary/aromatic N) is 4. The fourth-order valence-electron chi connectivity index (χ4n) is 4.52. The van der Waals surface area contributed by atoms with Crippen LogP contribution in [0.1, 0.15) is 29.7 Å². The maximum absolute atomic E-state index is 13.5. The molecule has 0 unspecified atom stereocenters. The predicted molar refractivity (Wildman–Crippen MR) is 127 cm³/mol. The smallest absolute Gasteiger partial charge is 0.291 e. The van der Waals surface area contributed by atoms with E-state index in [9.17, 15) is 9.59 Å². The van der Waals surface area contributed by atoms with Gasteiger partial charge in [0.15, 0.2) is 0 Å². The molecule has 1 fully saturated rings. The molecule has 7 nitrogen and oxygen atoms in total. The number of aryl methyl sites for hydroxylation is 1. The van der Waals surface area contributed by atoms with Crippen molar-refractivity contribution in [2.75, 3.05) is 20.2 Å². The van der Waals surface area contributed by atoms with Crippen molar-refractivity contribution in [2.45, 2.75) is 39.3 Å². The third-order valence-corrected chi connectivity index (χ3v) is 7.20. The minimum Gasteiger partial charge on any atom is -0.497 e. The van der Waals surface area contributed by atoms with Crippen molar-refractivity contribution in [3.63, 3.8) is 0 Å². The molecule has 0 bridgehead atoms. The summed E-state index contributed by atoms with van der Waals surface area (Å²) in [4.78, 5) is 29.3. The number of amides is 1. The monoisotopic (exact) mass is 450 g/mol. The molecular weight excluding hydrogens is 424 g/mol. The Hall–Kier alpha value is -3.13. The van der Waals surface area contributed by atoms with E-state index in [1.54, 1.807) is 24.6 Å². The number of methoxy groups -OCH3 is 1. The summed E-state index contributed by atoms with van der Waals surface area (Å²) in [5, 5.41) is 5.22. The maximum atomic E-state index is 13.5. The molecule has 0 radical (unpaired) electrons. The highest BCUT2D eigenvalue weighted by molar-refractivity contribution is 7.20. The fourth-order valence-corrected chi connectivity index (χ4v) is 5.55. The summed E-state index contributed by atoms with van der Waals surface area (Å²) in [6.45, 7) is 4.10. The van der Waals surface area contributed by atoms with Gasteiger partial charge in [0.1, 0.15) is 17.8 Å². The second-order valence-electron chi connectivity index (χ2n) is 8.32. The standard InChI is InChI=1S/C24H26N4O3S/c1-16-11-20-23(32-16)19-13-25-28(15-21(29)26-9-4-3-5-10-26)24(30)22(19)27(20)14-17-7-6-8-18(12-17)31-2/h6-8,11-13H,3-5,9-10,14-15H2,1-2H3. The second kappa shape index (κ2) is 8.43. The van der Waals surface area contributed by atoms with E-state index in [1.807, 2.05) is 29.2 Å². The van der Waals surface area contributed by atoms with Crippen LogP contribution >= 0.6 is 11.3 Å². The molecule has 0 spiro atoms. The first-order valence-corrected chi connectivity index (χ1v) is 11.8. The molecule has 1 aromatic carbocycles. The zero-order valence-corrected chi connectivity index (χ0v) is 19.2. The molecule has 4 heterocycles. The molecule has 1 aliphatic rings. The minimum absolute atomic E-state index is 0.0220. The number of carbonyl (C=O) groups is 1. The summed E-state index contributed by atoms with van der Waals surface area (Å²) in [6.07, 6.45) is 4.93. The topological polar surface area (TPSA) is 69.4 Å². The number of benzene rings is 1. The summed E-state index contributed by atoms with van der Waals surface area (Å²) < 4.78 is 9.79. The molecule has 1 saturated heterocycles. The summed E-state index contributed by atoms with van der Waals surface area (Å²) in [6, 6.07) is 9.98. The number of likely N-dealkylation sites (tertiary alicyclic amines) is 1. The Morgan fingerprint density at radius 3 is 2.78 bits per heavy atom. The first kappa shape index (κ1) is 20.8. The Kier molecular flexibility index (Phi) is 5.46. The van der Waals surface area contributed by atoms with Gasteiger partial charge in [-0.05, 0) is 49.9 Å². The predicted octanol–water partition coefficient (Wildman–Crippen LogP) is 3.79. The van der Waals surface area contributed by atoms with Gasteiger partial charge in [-0.15, -0.1) is 11.3 Å². The number of aromatic nitrogens is 3. The van der Waals surface area contributed by atoms with Crippen molar-refractivity contribution in [1.29, 1.82) is 0 Å². The van der Waals surface area contributed by atoms with Gasteiger partial charge in [0.05, 0.1) is 23.5 Å². The van der Waals surface area contributed by atoms with Crippen LogP contribution in [-0.4, -0.2) is 45.4 Å². The average molecular weight is 451 g/mol. The summed E-state index contributed by atoms with van der Waals surface area (Å²) >= 11 is 1.66. The van der Waals surface area contributed by atoms with Gasteiger partial charge in [-0.2, -0.15) is 5.10 Å². The maximum Gasteiger partial charge on any atom is 0.291 e. The molecule has 0 saturated carbocycles. The van der Waals surface area contributed by atoms with E-state index in [4.69, 9.17) is 4.74 Å². The highest BCUT2D eigenvalue weighted by atomic mass is 32.1. The van der Waals surface area contributed by atoms with Crippen molar-refractivity contribution in [3.05, 3.63) is 57.3 Å². The molecule has 1 aliphatic heterocycles. The number of rotatable bonds is 5. The van der Waals surface area contributed by atoms with E-state index in [-0.39, 0.29) is 18.0 Å². The Morgan fingerprint density at radius 1 is 1.19 bits per heavy atom. The van der Waals surface area contributed by atoms with E-state index in [0.29, 0.717) is 12.1 Å². The molecule has 5 rings (SSSR count). The molecule has 0 N–H and O–H groups in total. The van der Waals surface area contributed by atoms with Gasteiger partial charge >= 0.3 is 0 Å². The van der Waals surface area contributed by atoms with E-state index in [0.717, 1.165) is 59.3 Å². The first-order valence-electron chi connectivity index (χ1n) is 10.9. The van der Waals surface area contributed by atoms with Crippen LogP contribution < -0.4 is 10.3 Å². The van der Waals surface area contributed by atoms with Crippen LogP contribution in [0.4, 0.5) is 0 Å². The molecule has 0 atom stereocenters. The number of thiophene rings is 1. The van der Waals surface area contributed by atoms with Crippen molar-refractivity contribution in [1.82, 2.24) is 19.2 Å². The van der Waals surface area contributed by atoms with E-state index in [2.05, 4.69) is 22.7 Å². The quantitative estimate of drug-likeness (QED) is 0.464. The molecule has 8 heteroatoms. The van der Waals surface area contributed by atoms with Gasteiger partial charge in [0.25, 0.3) is 5.56 Å². The van der Waals surface area contributed by atoms with Crippen LogP contribution in [0, 0.1) is 6.92 Å². The lowest BCUT2D eigenvalue weighted by Crippen LogP contribution is -2.40. The third-order valence-electron chi connectivity index (χ3n) is 6.13. The van der Waals surface area contributed by atoms with Gasteiger partial charge in [-0.1, -0.05) is 12.1 Å². The van der Waals surface area contributed by atoms with Crippen molar-refractivity contribution in [3.8, 4) is 5.75 Å². The molecule has 32 heavy (non-hydrogen) atoms. The Labute approximate surface area is 189 Å². The number of hydrogen-bond acceptors (Lipinski definition) is 5. The largest absolute Gasteiger partial charge is 0.497 e. The molecule has 0 aliphatic carbocycles. The van der Waals surface area contributed by atoms with Gasteiger partial charge in [0.2, 0.25) is 5.91 Å². The average Bonchev–Trinajstić information content (AvgIpc) is 3.32. The van der Waals surface area contributed by atoms with Gasteiger partial charge in [0, 0.05) is 29.9 Å². The van der Waals surface area contributed by atoms with Crippen LogP contribution in [-0.2, 0) is 17.9 Å². The highest BCUT2D eigenvalue weighted by Gasteiger charge is 2.21. The van der Waals surface area contributed by atoms with Crippen LogP contribution in [0.25, 0.3) is 21.1 Å². The molecule has 166 valence electrons. The Morgan fingerprint density at radius 2 is 2.00 bits per heavy atom. The summed E-state index contributed by atoms with van der Waals surface area (Å²) in [7, 11) is 1.65. The lowest BCUT2D eigenvalue weighted by molar-refractivity contribution is -0.133. The van der Waals surface area contributed by atoms with Gasteiger partial charge < -0.3 is 14.2 Å². The van der Waals surface area contributed by atoms with Crippen molar-refractivity contribution in [2.24, 2.45) is 0 Å². The van der Waals surface area contributed by atoms with Crippen molar-refractivity contribution >= 4 is 38.4 Å². The molecule has 3 aromatic heterocycles. The lowest BCUT2D eigenvalue weighted by Gasteiger charge is -2.26. The number of piperidine rings is 1. The number of carbonyl (C=O) groups excluding carboxylic acids is 1. The van der Waals surface area contributed by atoms with Crippen LogP contribution in [0.3, 0.4) is 0 Å². The zero-order chi connectivity index (χ0) is 22.2. The summed E-state index contributed by atoms with van der Waals surface area (Å²) in [5.41, 5.74) is 2.43. The lowest BCUT2D eigenvalue weighted by atomic mass is 10.1. The molecule has 1 amide bonds. The molecule has 4 aromatic rings. The van der Waals surface area contributed by atoms with Gasteiger partial charge in [-0.3, -0.25) is 9.59 Å². The SMILES string of the molecule is COc1cccc(Cn2c3cc(C)sc3c3cnn(CC(=O)N4CCCCC4)c(=O)c32)c1. The van der Waals surface area contributed by atoms with Crippen LogP contribution in [0.15, 0.2) is 41.3 Å². The van der Waals surface area contributed by atoms with Crippen molar-refractivity contribution < 1.29 is 9.53 Å².